The number of rotatable bonds is 14. The number of benzene rings is 3. The molecule has 0 radical (unpaired) electrons. The summed E-state index contributed by atoms with van der Waals surface area (Å²) in [6.45, 7) is 9.29. The van der Waals surface area contributed by atoms with Gasteiger partial charge in [-0.3, -0.25) is 13.9 Å². The molecule has 3 rings (SSSR count). The van der Waals surface area contributed by atoms with Crippen molar-refractivity contribution in [1.82, 2.24) is 10.2 Å². The fourth-order valence-electron chi connectivity index (χ4n) is 4.51. The number of sulfonamides is 1. The lowest BCUT2D eigenvalue weighted by atomic mass is 10.1. The molecule has 0 spiro atoms. The van der Waals surface area contributed by atoms with Gasteiger partial charge in [0.1, 0.15) is 24.1 Å². The summed E-state index contributed by atoms with van der Waals surface area (Å²) >= 11 is 0. The summed E-state index contributed by atoms with van der Waals surface area (Å²) in [5, 5.41) is 2.90. The summed E-state index contributed by atoms with van der Waals surface area (Å²) in [4.78, 5) is 28.9. The van der Waals surface area contributed by atoms with E-state index in [1.807, 2.05) is 40.7 Å². The Bertz CT molecular complexity index is 1440. The number of ether oxygens (including phenoxy) is 2. The summed E-state index contributed by atoms with van der Waals surface area (Å²) in [6, 6.07) is 19.3. The van der Waals surface area contributed by atoms with Crippen LogP contribution in [0.3, 0.4) is 0 Å². The van der Waals surface area contributed by atoms with Gasteiger partial charge in [0.05, 0.1) is 24.3 Å². The first kappa shape index (κ1) is 32.5. The topological polar surface area (TPSA) is 105 Å². The highest BCUT2D eigenvalue weighted by molar-refractivity contribution is 7.92. The Morgan fingerprint density at radius 2 is 1.60 bits per heavy atom. The average molecular weight is 596 g/mol. The third-order valence-electron chi connectivity index (χ3n) is 6.63. The average Bonchev–Trinajstić information content (AvgIpc) is 2.96. The number of nitrogens with zero attached hydrogens (tertiary/aromatic N) is 2. The molecule has 226 valence electrons. The first-order valence-electron chi connectivity index (χ1n) is 14.0. The second-order valence-electron chi connectivity index (χ2n) is 10.2. The predicted octanol–water partition coefficient (Wildman–Crippen LogP) is 4.93. The minimum Gasteiger partial charge on any atom is -0.497 e. The van der Waals surface area contributed by atoms with Crippen molar-refractivity contribution in [2.75, 3.05) is 24.6 Å². The van der Waals surface area contributed by atoms with Gasteiger partial charge in [-0.25, -0.2) is 8.42 Å². The number of methoxy groups -OCH3 is 1. The molecule has 0 unspecified atom stereocenters. The number of hydrogen-bond acceptors (Lipinski definition) is 6. The molecule has 0 aromatic heterocycles. The Balaban J connectivity index is 2.06. The van der Waals surface area contributed by atoms with Crippen LogP contribution in [0.4, 0.5) is 5.69 Å². The van der Waals surface area contributed by atoms with Crippen LogP contribution in [0.2, 0.25) is 0 Å². The largest absolute Gasteiger partial charge is 0.497 e. The summed E-state index contributed by atoms with van der Waals surface area (Å²) in [7, 11) is -2.62. The molecule has 9 nitrogen and oxygen atoms in total. The molecule has 10 heteroatoms. The summed E-state index contributed by atoms with van der Waals surface area (Å²) in [5.41, 5.74) is 2.03. The van der Waals surface area contributed by atoms with E-state index >= 15 is 0 Å². The van der Waals surface area contributed by atoms with Crippen LogP contribution in [0.15, 0.2) is 77.7 Å². The lowest BCUT2D eigenvalue weighted by molar-refractivity contribution is -0.140. The molecule has 0 saturated carbocycles. The van der Waals surface area contributed by atoms with E-state index < -0.39 is 28.5 Å². The molecule has 1 N–H and O–H groups in total. The van der Waals surface area contributed by atoms with Gasteiger partial charge in [-0.1, -0.05) is 36.8 Å². The maximum absolute atomic E-state index is 14.1. The SMILES string of the molecule is CCOc1ccc(S(=O)(=O)N(CC(=O)N(Cc2cccc(OC)c2)[C@H](CC)C(=O)NC(C)C)c2ccc(C)cc2)cc1. The third kappa shape index (κ3) is 8.25. The van der Waals surface area contributed by atoms with Gasteiger partial charge in [-0.05, 0) is 88.2 Å². The highest BCUT2D eigenvalue weighted by Crippen LogP contribution is 2.27. The molecule has 0 aliphatic rings. The highest BCUT2D eigenvalue weighted by Gasteiger charge is 2.34. The fourth-order valence-corrected chi connectivity index (χ4v) is 5.92. The Labute approximate surface area is 249 Å². The van der Waals surface area contributed by atoms with Crippen LogP contribution in [0, 0.1) is 6.92 Å². The molecular formula is C32H41N3O6S. The first-order chi connectivity index (χ1) is 20.0. The second kappa shape index (κ2) is 14.7. The maximum atomic E-state index is 14.1. The van der Waals surface area contributed by atoms with Crippen molar-refractivity contribution in [1.29, 1.82) is 0 Å². The number of carbonyl (C=O) groups is 2. The van der Waals surface area contributed by atoms with E-state index in [2.05, 4.69) is 5.32 Å². The van der Waals surface area contributed by atoms with Crippen LogP contribution in [0.5, 0.6) is 11.5 Å². The maximum Gasteiger partial charge on any atom is 0.264 e. The third-order valence-corrected chi connectivity index (χ3v) is 8.42. The van der Waals surface area contributed by atoms with Gasteiger partial charge in [0, 0.05) is 12.6 Å². The van der Waals surface area contributed by atoms with Gasteiger partial charge in [0.25, 0.3) is 10.0 Å². The van der Waals surface area contributed by atoms with Crippen LogP contribution in [-0.4, -0.2) is 57.5 Å². The first-order valence-corrected chi connectivity index (χ1v) is 15.5. The molecular weight excluding hydrogens is 554 g/mol. The van der Waals surface area contributed by atoms with E-state index in [-0.39, 0.29) is 23.4 Å². The van der Waals surface area contributed by atoms with Gasteiger partial charge in [0.15, 0.2) is 0 Å². The van der Waals surface area contributed by atoms with Crippen molar-refractivity contribution >= 4 is 27.5 Å². The number of nitrogens with one attached hydrogen (secondary N) is 1. The van der Waals surface area contributed by atoms with Gasteiger partial charge in [-0.15, -0.1) is 0 Å². The van der Waals surface area contributed by atoms with E-state index in [0.29, 0.717) is 30.2 Å². The molecule has 42 heavy (non-hydrogen) atoms. The van der Waals surface area contributed by atoms with Crippen molar-refractivity contribution in [2.24, 2.45) is 0 Å². The zero-order chi connectivity index (χ0) is 30.9. The zero-order valence-corrected chi connectivity index (χ0v) is 26.0. The summed E-state index contributed by atoms with van der Waals surface area (Å²) in [5.74, 6) is 0.332. The summed E-state index contributed by atoms with van der Waals surface area (Å²) in [6.07, 6.45) is 0.338. The van der Waals surface area contributed by atoms with Crippen molar-refractivity contribution in [2.45, 2.75) is 64.6 Å². The van der Waals surface area contributed by atoms with Crippen LogP contribution in [0.1, 0.15) is 45.2 Å². The highest BCUT2D eigenvalue weighted by atomic mass is 32.2. The molecule has 1 atom stereocenters. The molecule has 0 aliphatic carbocycles. The van der Waals surface area contributed by atoms with Crippen LogP contribution in [-0.2, 0) is 26.2 Å². The molecule has 0 bridgehead atoms. The number of carbonyl (C=O) groups excluding carboxylic acids is 2. The van der Waals surface area contributed by atoms with Crippen LogP contribution < -0.4 is 19.1 Å². The summed E-state index contributed by atoms with van der Waals surface area (Å²) < 4.78 is 40.0. The fraction of sp³-hybridized carbons (Fsp3) is 0.375. The van der Waals surface area contributed by atoms with E-state index in [0.717, 1.165) is 15.4 Å². The van der Waals surface area contributed by atoms with Crippen molar-refractivity contribution in [3.05, 3.63) is 83.9 Å². The monoisotopic (exact) mass is 595 g/mol. The van der Waals surface area contributed by atoms with Gasteiger partial charge in [0.2, 0.25) is 11.8 Å². The molecule has 0 fully saturated rings. The number of hydrogen-bond donors (Lipinski definition) is 1. The van der Waals surface area contributed by atoms with Crippen LogP contribution in [0.25, 0.3) is 0 Å². The normalized spacial score (nSPS) is 12.0. The molecule has 2 amide bonds. The minimum absolute atomic E-state index is 0.0169. The number of aryl methyl sites for hydroxylation is 1. The molecule has 0 saturated heterocycles. The standard InChI is InChI=1S/C32H41N3O6S/c1-7-30(32(37)33-23(3)4)34(21-25-10-9-11-28(20-25)40-6)31(36)22-35(26-14-12-24(5)13-15-26)42(38,39)29-18-16-27(17-19-29)41-8-2/h9-20,23,30H,7-8,21-22H2,1-6H3,(H,33,37)/t30-/m1/s1. The lowest BCUT2D eigenvalue weighted by Crippen LogP contribution is -2.53. The van der Waals surface area contributed by atoms with Crippen molar-refractivity contribution < 1.29 is 27.5 Å². The van der Waals surface area contributed by atoms with Crippen LogP contribution >= 0.6 is 0 Å². The van der Waals surface area contributed by atoms with E-state index in [1.165, 1.54) is 17.0 Å². The zero-order valence-electron chi connectivity index (χ0n) is 25.2. The predicted molar refractivity (Wildman–Crippen MR) is 164 cm³/mol. The minimum atomic E-state index is -4.17. The van der Waals surface area contributed by atoms with E-state index in [1.54, 1.807) is 61.7 Å². The van der Waals surface area contributed by atoms with Crippen molar-refractivity contribution in [3.63, 3.8) is 0 Å². The smallest absolute Gasteiger partial charge is 0.264 e. The molecule has 0 heterocycles. The molecule has 0 aliphatic heterocycles. The quantitative estimate of drug-likeness (QED) is 0.283. The lowest BCUT2D eigenvalue weighted by Gasteiger charge is -2.33. The van der Waals surface area contributed by atoms with Gasteiger partial charge >= 0.3 is 0 Å². The van der Waals surface area contributed by atoms with Gasteiger partial charge in [-0.2, -0.15) is 0 Å². The molecule has 3 aromatic rings. The Morgan fingerprint density at radius 3 is 2.17 bits per heavy atom. The second-order valence-corrected chi connectivity index (χ2v) is 12.1. The molecule has 3 aromatic carbocycles. The van der Waals surface area contributed by atoms with E-state index in [4.69, 9.17) is 9.47 Å². The van der Waals surface area contributed by atoms with E-state index in [9.17, 15) is 18.0 Å². The van der Waals surface area contributed by atoms with Crippen molar-refractivity contribution in [3.8, 4) is 11.5 Å². The number of amides is 2. The van der Waals surface area contributed by atoms with Gasteiger partial charge < -0.3 is 19.7 Å². The Hall–Kier alpha value is -4.05. The number of anilines is 1. The Morgan fingerprint density at radius 1 is 0.929 bits per heavy atom. The Kier molecular flexibility index (Phi) is 11.4.